The van der Waals surface area contributed by atoms with Crippen molar-refractivity contribution in [2.24, 2.45) is 0 Å². The lowest BCUT2D eigenvalue weighted by atomic mass is 10.2. The molecule has 3 aromatic rings. The quantitative estimate of drug-likeness (QED) is 0.718. The number of hydrogen-bond donors (Lipinski definition) is 1. The van der Waals surface area contributed by atoms with Crippen LogP contribution in [0, 0.1) is 0 Å². The number of carbonyl (C=O) groups is 1. The second-order valence-corrected chi connectivity index (χ2v) is 8.74. The van der Waals surface area contributed by atoms with Crippen LogP contribution in [0.15, 0.2) is 59.3 Å². The molecule has 2 aromatic heterocycles. The van der Waals surface area contributed by atoms with Gasteiger partial charge in [-0.2, -0.15) is 0 Å². The first-order valence-corrected chi connectivity index (χ1v) is 10.6. The summed E-state index contributed by atoms with van der Waals surface area (Å²) < 4.78 is 27.9. The number of sulfone groups is 1. The zero-order valence-corrected chi connectivity index (χ0v) is 15.7. The minimum atomic E-state index is -2.91. The Balaban J connectivity index is 1.43. The van der Waals surface area contributed by atoms with E-state index in [0.29, 0.717) is 30.2 Å². The standard InChI is InChI=1S/C19H18N4O4S/c24-19(18-3-1-2-16(21-18)17-8-11-27-22-17)20-14-4-6-15(7-5-14)23-9-12-28(25,26)13-10-23/h1-8,11H,9-10,12-13H2,(H,20,24). The molecule has 0 radical (unpaired) electrons. The maximum Gasteiger partial charge on any atom is 0.274 e. The van der Waals surface area contributed by atoms with Gasteiger partial charge in [0, 0.05) is 30.5 Å². The SMILES string of the molecule is O=C(Nc1ccc(N2CCS(=O)(=O)CC2)cc1)c1cccc(-c2ccon2)n1. The summed E-state index contributed by atoms with van der Waals surface area (Å²) >= 11 is 0. The molecule has 1 N–H and O–H groups in total. The van der Waals surface area contributed by atoms with Gasteiger partial charge < -0.3 is 14.7 Å². The van der Waals surface area contributed by atoms with Crippen LogP contribution in [-0.4, -0.2) is 49.1 Å². The normalized spacial score (nSPS) is 15.9. The molecule has 0 spiro atoms. The van der Waals surface area contributed by atoms with Crippen molar-refractivity contribution in [1.29, 1.82) is 0 Å². The molecule has 1 aromatic carbocycles. The van der Waals surface area contributed by atoms with Gasteiger partial charge in [0.2, 0.25) is 0 Å². The third kappa shape index (κ3) is 4.04. The van der Waals surface area contributed by atoms with E-state index < -0.39 is 9.84 Å². The molecule has 28 heavy (non-hydrogen) atoms. The number of carbonyl (C=O) groups excluding carboxylic acids is 1. The second-order valence-electron chi connectivity index (χ2n) is 6.43. The number of anilines is 2. The lowest BCUT2D eigenvalue weighted by molar-refractivity contribution is 0.102. The van der Waals surface area contributed by atoms with Crippen molar-refractivity contribution in [1.82, 2.24) is 10.1 Å². The maximum atomic E-state index is 12.5. The highest BCUT2D eigenvalue weighted by Crippen LogP contribution is 2.21. The van der Waals surface area contributed by atoms with E-state index in [9.17, 15) is 13.2 Å². The summed E-state index contributed by atoms with van der Waals surface area (Å²) in [6.45, 7) is 0.958. The monoisotopic (exact) mass is 398 g/mol. The molecular weight excluding hydrogens is 380 g/mol. The van der Waals surface area contributed by atoms with Crippen LogP contribution in [0.3, 0.4) is 0 Å². The van der Waals surface area contributed by atoms with Crippen LogP contribution in [0.1, 0.15) is 10.5 Å². The van der Waals surface area contributed by atoms with Gasteiger partial charge in [0.25, 0.3) is 5.91 Å². The highest BCUT2D eigenvalue weighted by Gasteiger charge is 2.21. The number of nitrogens with zero attached hydrogens (tertiary/aromatic N) is 3. The Kier molecular flexibility index (Phi) is 4.82. The fourth-order valence-corrected chi connectivity index (χ4v) is 4.17. The molecule has 4 rings (SSSR count). The van der Waals surface area contributed by atoms with Crippen LogP contribution in [0.25, 0.3) is 11.4 Å². The van der Waals surface area contributed by atoms with E-state index in [4.69, 9.17) is 4.52 Å². The first-order chi connectivity index (χ1) is 13.5. The molecule has 0 aliphatic carbocycles. The second kappa shape index (κ2) is 7.43. The third-order valence-corrected chi connectivity index (χ3v) is 6.13. The molecule has 0 bridgehead atoms. The Morgan fingerprint density at radius 1 is 1.00 bits per heavy atom. The smallest absolute Gasteiger partial charge is 0.274 e. The number of aromatic nitrogens is 2. The number of hydrogen-bond acceptors (Lipinski definition) is 7. The average molecular weight is 398 g/mol. The first kappa shape index (κ1) is 18.2. The molecule has 3 heterocycles. The van der Waals surface area contributed by atoms with Gasteiger partial charge in [0.15, 0.2) is 9.84 Å². The zero-order valence-electron chi connectivity index (χ0n) is 14.9. The van der Waals surface area contributed by atoms with Crippen LogP contribution in [0.4, 0.5) is 11.4 Å². The Labute approximate surface area is 162 Å². The average Bonchev–Trinajstić information content (AvgIpc) is 3.24. The van der Waals surface area contributed by atoms with Crippen molar-refractivity contribution in [3.63, 3.8) is 0 Å². The van der Waals surface area contributed by atoms with Crippen molar-refractivity contribution in [2.45, 2.75) is 0 Å². The predicted octanol–water partition coefficient (Wildman–Crippen LogP) is 2.22. The van der Waals surface area contributed by atoms with Gasteiger partial charge in [-0.25, -0.2) is 13.4 Å². The predicted molar refractivity (Wildman–Crippen MR) is 105 cm³/mol. The maximum absolute atomic E-state index is 12.5. The fourth-order valence-electron chi connectivity index (χ4n) is 2.97. The minimum Gasteiger partial charge on any atom is -0.369 e. The molecule has 1 aliphatic rings. The van der Waals surface area contributed by atoms with E-state index in [-0.39, 0.29) is 23.1 Å². The lowest BCUT2D eigenvalue weighted by Crippen LogP contribution is -2.40. The number of pyridine rings is 1. The topological polar surface area (TPSA) is 105 Å². The summed E-state index contributed by atoms with van der Waals surface area (Å²) in [6, 6.07) is 14.1. The van der Waals surface area contributed by atoms with Gasteiger partial charge >= 0.3 is 0 Å². The molecule has 0 saturated carbocycles. The number of nitrogens with one attached hydrogen (secondary N) is 1. The number of rotatable bonds is 4. The molecule has 144 valence electrons. The third-order valence-electron chi connectivity index (χ3n) is 4.52. The van der Waals surface area contributed by atoms with Crippen LogP contribution in [-0.2, 0) is 9.84 Å². The van der Waals surface area contributed by atoms with Crippen LogP contribution in [0.5, 0.6) is 0 Å². The molecule has 0 atom stereocenters. The Hall–Kier alpha value is -3.20. The first-order valence-electron chi connectivity index (χ1n) is 8.75. The summed E-state index contributed by atoms with van der Waals surface area (Å²) in [5, 5.41) is 6.64. The van der Waals surface area contributed by atoms with Crippen molar-refractivity contribution >= 4 is 27.1 Å². The molecule has 1 fully saturated rings. The van der Waals surface area contributed by atoms with E-state index in [0.717, 1.165) is 5.69 Å². The molecular formula is C19H18N4O4S. The molecule has 9 heteroatoms. The largest absolute Gasteiger partial charge is 0.369 e. The molecule has 0 unspecified atom stereocenters. The van der Waals surface area contributed by atoms with E-state index in [1.165, 1.54) is 6.26 Å². The van der Waals surface area contributed by atoms with Gasteiger partial charge in [0.1, 0.15) is 17.7 Å². The van der Waals surface area contributed by atoms with E-state index >= 15 is 0 Å². The van der Waals surface area contributed by atoms with Crippen LogP contribution in [0.2, 0.25) is 0 Å². The molecule has 1 saturated heterocycles. The lowest BCUT2D eigenvalue weighted by Gasteiger charge is -2.28. The highest BCUT2D eigenvalue weighted by molar-refractivity contribution is 7.91. The van der Waals surface area contributed by atoms with E-state index in [2.05, 4.69) is 15.5 Å². The van der Waals surface area contributed by atoms with Gasteiger partial charge in [-0.05, 0) is 36.4 Å². The van der Waals surface area contributed by atoms with Crippen molar-refractivity contribution < 1.29 is 17.7 Å². The van der Waals surface area contributed by atoms with Crippen LogP contribution >= 0.6 is 0 Å². The Bertz CT molecular complexity index is 1070. The Morgan fingerprint density at radius 3 is 2.43 bits per heavy atom. The van der Waals surface area contributed by atoms with Crippen LogP contribution < -0.4 is 10.2 Å². The highest BCUT2D eigenvalue weighted by atomic mass is 32.2. The van der Waals surface area contributed by atoms with E-state index in [1.54, 1.807) is 36.4 Å². The summed E-state index contributed by atoms with van der Waals surface area (Å²) in [4.78, 5) is 18.8. The van der Waals surface area contributed by atoms with Gasteiger partial charge in [-0.3, -0.25) is 4.79 Å². The summed E-state index contributed by atoms with van der Waals surface area (Å²) in [6.07, 6.45) is 1.45. The minimum absolute atomic E-state index is 0.166. The summed E-state index contributed by atoms with van der Waals surface area (Å²) in [5.41, 5.74) is 2.94. The summed E-state index contributed by atoms with van der Waals surface area (Å²) in [5.74, 6) is 0.0000513. The van der Waals surface area contributed by atoms with Crippen molar-refractivity contribution in [3.05, 3.63) is 60.5 Å². The van der Waals surface area contributed by atoms with Gasteiger partial charge in [0.05, 0.1) is 17.2 Å². The van der Waals surface area contributed by atoms with E-state index in [1.807, 2.05) is 17.0 Å². The zero-order chi connectivity index (χ0) is 19.6. The van der Waals surface area contributed by atoms with Crippen molar-refractivity contribution in [3.8, 4) is 11.4 Å². The van der Waals surface area contributed by atoms with Crippen molar-refractivity contribution in [2.75, 3.05) is 34.8 Å². The number of amides is 1. The van der Waals surface area contributed by atoms with Gasteiger partial charge in [-0.1, -0.05) is 11.2 Å². The fraction of sp³-hybridized carbons (Fsp3) is 0.211. The molecule has 1 aliphatic heterocycles. The van der Waals surface area contributed by atoms with Gasteiger partial charge in [-0.15, -0.1) is 0 Å². The number of benzene rings is 1. The molecule has 8 nitrogen and oxygen atoms in total. The Morgan fingerprint density at radius 2 is 1.75 bits per heavy atom. The summed E-state index contributed by atoms with van der Waals surface area (Å²) in [7, 11) is -2.91. The molecule has 1 amide bonds.